The number of rotatable bonds is 50. The first-order chi connectivity index (χ1) is 31.6. The van der Waals surface area contributed by atoms with Gasteiger partial charge in [-0.25, -0.2) is 0 Å². The van der Waals surface area contributed by atoms with Crippen molar-refractivity contribution in [3.05, 3.63) is 72.9 Å². The Bertz CT molecular complexity index is 1150. The SMILES string of the molecule is CC/C=C\C/C=C\C/C=C\CCCCCCCCCC(=O)OCC(COCCCCCCCC/C=C\C/C=C\C/C=C\CC)OC(=O)CCCCCCCCCCCCCCCCC. The van der Waals surface area contributed by atoms with Gasteiger partial charge in [-0.3, -0.25) is 9.59 Å². The Kier molecular flexibility index (Phi) is 52.4. The van der Waals surface area contributed by atoms with Crippen LogP contribution in [0.2, 0.25) is 0 Å². The Morgan fingerprint density at radius 3 is 1.12 bits per heavy atom. The molecule has 0 rings (SSSR count). The molecule has 64 heavy (non-hydrogen) atoms. The van der Waals surface area contributed by atoms with Gasteiger partial charge < -0.3 is 14.2 Å². The summed E-state index contributed by atoms with van der Waals surface area (Å²) in [7, 11) is 0. The lowest BCUT2D eigenvalue weighted by Crippen LogP contribution is -2.30. The first-order valence-electron chi connectivity index (χ1n) is 27.5. The van der Waals surface area contributed by atoms with E-state index in [2.05, 4.69) is 93.7 Å². The van der Waals surface area contributed by atoms with Crippen LogP contribution in [-0.4, -0.2) is 37.9 Å². The van der Waals surface area contributed by atoms with E-state index >= 15 is 0 Å². The molecule has 370 valence electrons. The molecule has 0 radical (unpaired) electrons. The van der Waals surface area contributed by atoms with Gasteiger partial charge in [-0.05, 0) is 83.5 Å². The van der Waals surface area contributed by atoms with E-state index in [0.717, 1.165) is 96.3 Å². The van der Waals surface area contributed by atoms with E-state index < -0.39 is 6.10 Å². The average Bonchev–Trinajstić information content (AvgIpc) is 3.30. The summed E-state index contributed by atoms with van der Waals surface area (Å²) in [5, 5.41) is 0. The van der Waals surface area contributed by atoms with Crippen LogP contribution in [0.15, 0.2) is 72.9 Å². The third-order valence-corrected chi connectivity index (χ3v) is 11.7. The monoisotopic (exact) mass is 893 g/mol. The lowest BCUT2D eigenvalue weighted by Gasteiger charge is -2.18. The van der Waals surface area contributed by atoms with E-state index in [1.807, 2.05) is 0 Å². The number of ether oxygens (including phenoxy) is 3. The Balaban J connectivity index is 4.29. The number of hydrogen-bond donors (Lipinski definition) is 0. The van der Waals surface area contributed by atoms with Crippen LogP contribution in [0.3, 0.4) is 0 Å². The summed E-state index contributed by atoms with van der Waals surface area (Å²) in [6.07, 6.45) is 70.6. The highest BCUT2D eigenvalue weighted by Gasteiger charge is 2.17. The second kappa shape index (κ2) is 54.7. The van der Waals surface area contributed by atoms with E-state index in [4.69, 9.17) is 14.2 Å². The maximum absolute atomic E-state index is 12.8. The summed E-state index contributed by atoms with van der Waals surface area (Å²) in [6, 6.07) is 0. The van der Waals surface area contributed by atoms with Crippen LogP contribution in [0, 0.1) is 0 Å². The van der Waals surface area contributed by atoms with Gasteiger partial charge in [-0.1, -0.05) is 241 Å². The number of carbonyl (C=O) groups is 2. The minimum Gasteiger partial charge on any atom is -0.462 e. The average molecular weight is 893 g/mol. The lowest BCUT2D eigenvalue weighted by atomic mass is 10.0. The molecule has 1 unspecified atom stereocenters. The molecule has 0 heterocycles. The zero-order valence-electron chi connectivity index (χ0n) is 42.5. The van der Waals surface area contributed by atoms with Crippen molar-refractivity contribution in [3.63, 3.8) is 0 Å². The predicted molar refractivity (Wildman–Crippen MR) is 279 cm³/mol. The van der Waals surface area contributed by atoms with Crippen molar-refractivity contribution in [1.82, 2.24) is 0 Å². The van der Waals surface area contributed by atoms with Crippen molar-refractivity contribution in [3.8, 4) is 0 Å². The summed E-state index contributed by atoms with van der Waals surface area (Å²) >= 11 is 0. The van der Waals surface area contributed by atoms with Crippen molar-refractivity contribution in [2.75, 3.05) is 19.8 Å². The van der Waals surface area contributed by atoms with Crippen LogP contribution in [0.4, 0.5) is 0 Å². The van der Waals surface area contributed by atoms with Crippen LogP contribution < -0.4 is 0 Å². The highest BCUT2D eigenvalue weighted by Crippen LogP contribution is 2.15. The Morgan fingerprint density at radius 1 is 0.359 bits per heavy atom. The van der Waals surface area contributed by atoms with Crippen molar-refractivity contribution in [2.24, 2.45) is 0 Å². The van der Waals surface area contributed by atoms with E-state index in [1.165, 1.54) is 135 Å². The van der Waals surface area contributed by atoms with Crippen molar-refractivity contribution in [1.29, 1.82) is 0 Å². The maximum atomic E-state index is 12.8. The molecule has 0 aromatic heterocycles. The van der Waals surface area contributed by atoms with Crippen LogP contribution in [0.5, 0.6) is 0 Å². The minimum absolute atomic E-state index is 0.0749. The summed E-state index contributed by atoms with van der Waals surface area (Å²) in [5.74, 6) is -0.407. The topological polar surface area (TPSA) is 61.8 Å². The van der Waals surface area contributed by atoms with Gasteiger partial charge in [-0.15, -0.1) is 0 Å². The highest BCUT2D eigenvalue weighted by atomic mass is 16.6. The zero-order chi connectivity index (χ0) is 46.3. The lowest BCUT2D eigenvalue weighted by molar-refractivity contribution is -0.163. The van der Waals surface area contributed by atoms with E-state index in [9.17, 15) is 9.59 Å². The summed E-state index contributed by atoms with van der Waals surface area (Å²) in [6.45, 7) is 7.60. The van der Waals surface area contributed by atoms with Crippen LogP contribution in [0.1, 0.15) is 265 Å². The van der Waals surface area contributed by atoms with Gasteiger partial charge in [0.25, 0.3) is 0 Å². The molecular weight excluding hydrogens is 789 g/mol. The van der Waals surface area contributed by atoms with Crippen molar-refractivity contribution >= 4 is 11.9 Å². The molecule has 0 aromatic carbocycles. The minimum atomic E-state index is -0.548. The zero-order valence-corrected chi connectivity index (χ0v) is 42.5. The molecule has 0 aromatic rings. The first kappa shape index (κ1) is 61.3. The Labute approximate surface area is 397 Å². The van der Waals surface area contributed by atoms with Crippen molar-refractivity contribution < 1.29 is 23.8 Å². The smallest absolute Gasteiger partial charge is 0.306 e. The van der Waals surface area contributed by atoms with Crippen LogP contribution in [0.25, 0.3) is 0 Å². The fourth-order valence-electron chi connectivity index (χ4n) is 7.72. The summed E-state index contributed by atoms with van der Waals surface area (Å²) in [5.41, 5.74) is 0. The number of allylic oxidation sites excluding steroid dienone is 12. The standard InChI is InChI=1S/C59H104O5/c1-4-7-10-13-16-19-22-25-28-30-32-34-37-40-43-46-49-52-58(60)63-56-57(55-62-54-51-48-45-42-39-36-33-29-26-23-20-17-14-11-8-5-2)64-59(61)53-50-47-44-41-38-35-31-27-24-21-18-15-12-9-6-3/h7-8,10-11,16-17,19-20,25-26,28-29,57H,4-6,9,12-15,18,21-24,27,30-56H2,1-3H3/b10-7-,11-8-,19-16-,20-17-,28-25-,29-26-. The Hall–Kier alpha value is -2.66. The van der Waals surface area contributed by atoms with Crippen LogP contribution in [-0.2, 0) is 23.8 Å². The molecule has 0 aliphatic rings. The van der Waals surface area contributed by atoms with E-state index in [0.29, 0.717) is 19.4 Å². The molecule has 5 nitrogen and oxygen atoms in total. The molecule has 0 saturated carbocycles. The maximum Gasteiger partial charge on any atom is 0.306 e. The third kappa shape index (κ3) is 52.0. The first-order valence-corrected chi connectivity index (χ1v) is 27.5. The molecule has 0 spiro atoms. The fraction of sp³-hybridized carbons (Fsp3) is 0.763. The molecule has 0 aliphatic carbocycles. The summed E-state index contributed by atoms with van der Waals surface area (Å²) < 4.78 is 17.4. The fourth-order valence-corrected chi connectivity index (χ4v) is 7.72. The second-order valence-electron chi connectivity index (χ2n) is 18.1. The quantitative estimate of drug-likeness (QED) is 0.0346. The highest BCUT2D eigenvalue weighted by molar-refractivity contribution is 5.70. The molecule has 0 fully saturated rings. The molecule has 0 saturated heterocycles. The number of hydrogen-bond acceptors (Lipinski definition) is 5. The molecule has 0 N–H and O–H groups in total. The van der Waals surface area contributed by atoms with E-state index in [1.54, 1.807) is 0 Å². The summed E-state index contributed by atoms with van der Waals surface area (Å²) in [4.78, 5) is 25.5. The predicted octanol–water partition coefficient (Wildman–Crippen LogP) is 18.7. The normalized spacial score (nSPS) is 12.7. The van der Waals surface area contributed by atoms with Gasteiger partial charge in [0, 0.05) is 19.4 Å². The Morgan fingerprint density at radius 2 is 0.703 bits per heavy atom. The molecule has 0 aliphatic heterocycles. The molecule has 0 bridgehead atoms. The number of carbonyl (C=O) groups excluding carboxylic acids is 2. The van der Waals surface area contributed by atoms with Crippen LogP contribution >= 0.6 is 0 Å². The molecule has 0 amide bonds. The third-order valence-electron chi connectivity index (χ3n) is 11.7. The van der Waals surface area contributed by atoms with Crippen molar-refractivity contribution in [2.45, 2.75) is 271 Å². The number of esters is 2. The van der Waals surface area contributed by atoms with E-state index in [-0.39, 0.29) is 25.2 Å². The van der Waals surface area contributed by atoms with Gasteiger partial charge in [-0.2, -0.15) is 0 Å². The van der Waals surface area contributed by atoms with Gasteiger partial charge in [0.05, 0.1) is 6.61 Å². The van der Waals surface area contributed by atoms with Gasteiger partial charge >= 0.3 is 11.9 Å². The largest absolute Gasteiger partial charge is 0.462 e. The van der Waals surface area contributed by atoms with Gasteiger partial charge in [0.2, 0.25) is 0 Å². The molecule has 5 heteroatoms. The second-order valence-corrected chi connectivity index (χ2v) is 18.1. The molecular formula is C59H104O5. The number of unbranched alkanes of at least 4 members (excludes halogenated alkanes) is 27. The molecule has 1 atom stereocenters. The van der Waals surface area contributed by atoms with Gasteiger partial charge in [0.1, 0.15) is 6.61 Å². The van der Waals surface area contributed by atoms with Gasteiger partial charge in [0.15, 0.2) is 6.10 Å².